The molecule has 0 amide bonds. The van der Waals surface area contributed by atoms with Gasteiger partial charge in [0.1, 0.15) is 11.5 Å². The molecule has 2 unspecified atom stereocenters. The van der Waals surface area contributed by atoms with Crippen molar-refractivity contribution in [1.82, 2.24) is 0 Å². The molecule has 232 valence electrons. The molecule has 3 aliphatic rings. The van der Waals surface area contributed by atoms with Gasteiger partial charge in [-0.25, -0.2) is 0 Å². The van der Waals surface area contributed by atoms with Crippen LogP contribution in [0.5, 0.6) is 0 Å². The first kappa shape index (κ1) is 32.0. The summed E-state index contributed by atoms with van der Waals surface area (Å²) in [7, 11) is 0. The molecule has 1 aromatic rings. The van der Waals surface area contributed by atoms with Gasteiger partial charge in [-0.15, -0.1) is 0 Å². The molecule has 10 nitrogen and oxygen atoms in total. The fourth-order valence-corrected chi connectivity index (χ4v) is 8.65. The Labute approximate surface area is 249 Å². The fraction of sp³-hybridized carbons (Fsp3) is 0.750. The zero-order valence-electron chi connectivity index (χ0n) is 25.6. The number of nitrogens with one attached hydrogen (secondary N) is 1. The van der Waals surface area contributed by atoms with E-state index in [0.29, 0.717) is 31.1 Å². The number of fused-ring (bicyclic) bond motifs is 1. The number of benzene rings is 1. The van der Waals surface area contributed by atoms with Gasteiger partial charge in [-0.1, -0.05) is 47.0 Å². The van der Waals surface area contributed by atoms with Gasteiger partial charge in [-0.2, -0.15) is 5.10 Å². The van der Waals surface area contributed by atoms with Crippen LogP contribution in [0, 0.1) is 60.6 Å². The van der Waals surface area contributed by atoms with Crippen LogP contribution in [0.15, 0.2) is 23.3 Å². The Morgan fingerprint density at radius 2 is 1.83 bits per heavy atom. The first-order chi connectivity index (χ1) is 19.9. The summed E-state index contributed by atoms with van der Waals surface area (Å²) in [6, 6.07) is 3.46. The zero-order chi connectivity index (χ0) is 30.7. The monoisotopic (exact) mass is 584 g/mol. The van der Waals surface area contributed by atoms with Crippen molar-refractivity contribution >= 4 is 29.1 Å². The van der Waals surface area contributed by atoms with Crippen LogP contribution in [0.1, 0.15) is 105 Å². The summed E-state index contributed by atoms with van der Waals surface area (Å²) in [5.41, 5.74) is 1.83. The van der Waals surface area contributed by atoms with E-state index in [0.717, 1.165) is 31.2 Å². The van der Waals surface area contributed by atoms with Crippen LogP contribution < -0.4 is 5.43 Å². The number of hydrogen-bond acceptors (Lipinski definition) is 8. The Morgan fingerprint density at radius 3 is 2.50 bits per heavy atom. The highest BCUT2D eigenvalue weighted by molar-refractivity contribution is 5.86. The number of nitrogens with zero attached hydrogens (tertiary/aromatic N) is 3. The number of ketones is 1. The Balaban J connectivity index is 1.54. The van der Waals surface area contributed by atoms with Gasteiger partial charge in [0.2, 0.25) is 0 Å². The third kappa shape index (κ3) is 6.68. The largest absolute Gasteiger partial charge is 0.393 e. The number of Topliss-reactive ketones (excluding diaryl/α,β-unsaturated/α-hetero) is 1. The van der Waals surface area contributed by atoms with Crippen molar-refractivity contribution < 1.29 is 19.7 Å². The number of carbonyl (C=O) groups is 1. The number of hydrazone groups is 1. The molecule has 0 saturated heterocycles. The van der Waals surface area contributed by atoms with Crippen molar-refractivity contribution in [3.63, 3.8) is 0 Å². The summed E-state index contributed by atoms with van der Waals surface area (Å²) >= 11 is 0. The van der Waals surface area contributed by atoms with E-state index in [2.05, 4.69) is 38.2 Å². The second-order valence-corrected chi connectivity index (χ2v) is 14.0. The lowest BCUT2D eigenvalue weighted by atomic mass is 9.50. The minimum Gasteiger partial charge on any atom is -0.393 e. The van der Waals surface area contributed by atoms with Crippen LogP contribution >= 0.6 is 0 Å². The highest BCUT2D eigenvalue weighted by Crippen LogP contribution is 2.64. The molecule has 1 aromatic carbocycles. The molecular formula is C32H48N4O6. The molecule has 2 N–H and O–H groups in total. The van der Waals surface area contributed by atoms with Gasteiger partial charge in [0.25, 0.3) is 5.69 Å². The number of anilines is 1. The minimum absolute atomic E-state index is 0.0950. The topological polar surface area (TPSA) is 148 Å². The molecule has 3 saturated carbocycles. The molecule has 0 heterocycles. The smallest absolute Gasteiger partial charge is 0.301 e. The fourth-order valence-electron chi connectivity index (χ4n) is 8.65. The van der Waals surface area contributed by atoms with Crippen LogP contribution in [0.25, 0.3) is 0 Å². The first-order valence-corrected chi connectivity index (χ1v) is 15.8. The number of unbranched alkanes of at least 4 members (excludes halogenated alkanes) is 1. The van der Waals surface area contributed by atoms with E-state index in [9.17, 15) is 30.1 Å². The maximum atomic E-state index is 13.4. The van der Waals surface area contributed by atoms with Crippen LogP contribution in [-0.4, -0.2) is 33.1 Å². The SMILES string of the molecule is CC(C)CCCC[C@H]1CCC2[C@H](C/C=N/Nc3ccc([N+](=O)[O-])cc3[N+](=O)[O-])C([C@@]3(C)CC[C@H](O)CC3=O)CC[C@@]21C. The minimum atomic E-state index is -0.661. The van der Waals surface area contributed by atoms with E-state index < -0.39 is 27.1 Å². The number of nitro benzene ring substituents is 2. The van der Waals surface area contributed by atoms with Gasteiger partial charge in [-0.3, -0.25) is 30.4 Å². The van der Waals surface area contributed by atoms with Gasteiger partial charge in [0.15, 0.2) is 0 Å². The average Bonchev–Trinajstić information content (AvgIpc) is 3.27. The standard InChI is InChI=1S/C32H48N4O6/c1-21(2)7-5-6-8-22-9-11-26-25(15-18-33-34-28-12-10-23(35(39)40)19-29(28)36(41)42)27(14-17-31(22,26)3)32(4)16-13-24(37)20-30(32)38/h10,12,18-19,21-22,24-27,34,37H,5-9,11,13-17,20H2,1-4H3/b33-18+/t22-,24-,25-,26?,27?,31+,32+/m0/s1. The third-order valence-corrected chi connectivity index (χ3v) is 11.1. The quantitative estimate of drug-likeness (QED) is 0.111. The van der Waals surface area contributed by atoms with Crippen molar-refractivity contribution in [1.29, 1.82) is 0 Å². The van der Waals surface area contributed by atoms with Gasteiger partial charge in [0, 0.05) is 24.1 Å². The summed E-state index contributed by atoms with van der Waals surface area (Å²) < 4.78 is 0. The number of hydrogen-bond donors (Lipinski definition) is 2. The van der Waals surface area contributed by atoms with Crippen molar-refractivity contribution in [2.75, 3.05) is 5.43 Å². The van der Waals surface area contributed by atoms with Crippen molar-refractivity contribution in [3.8, 4) is 0 Å². The maximum Gasteiger partial charge on any atom is 0.301 e. The number of rotatable bonds is 12. The lowest BCUT2D eigenvalue weighted by Crippen LogP contribution is -2.51. The second kappa shape index (κ2) is 13.2. The van der Waals surface area contributed by atoms with Gasteiger partial charge in [-0.05, 0) is 92.4 Å². The molecule has 0 spiro atoms. The number of nitro groups is 2. The average molecular weight is 585 g/mol. The molecule has 4 rings (SSSR count). The highest BCUT2D eigenvalue weighted by Gasteiger charge is 2.58. The number of aliphatic hydroxyl groups excluding tert-OH is 1. The number of carbonyl (C=O) groups excluding carboxylic acids is 1. The van der Waals surface area contributed by atoms with Crippen molar-refractivity contribution in [2.24, 2.45) is 45.5 Å². The predicted octanol–water partition coefficient (Wildman–Crippen LogP) is 7.69. The molecule has 10 heteroatoms. The molecule has 0 aliphatic heterocycles. The van der Waals surface area contributed by atoms with Crippen LogP contribution in [0.2, 0.25) is 0 Å². The second-order valence-electron chi connectivity index (χ2n) is 14.0. The molecule has 0 bridgehead atoms. The summed E-state index contributed by atoms with van der Waals surface area (Å²) in [6.07, 6.45) is 12.9. The number of aliphatic hydroxyl groups is 1. The molecular weight excluding hydrogens is 536 g/mol. The Kier molecular flexibility index (Phi) is 10.1. The zero-order valence-corrected chi connectivity index (χ0v) is 25.6. The van der Waals surface area contributed by atoms with E-state index in [-0.39, 0.29) is 40.8 Å². The van der Waals surface area contributed by atoms with Gasteiger partial charge in [0.05, 0.1) is 22.0 Å². The van der Waals surface area contributed by atoms with Crippen LogP contribution in [0.4, 0.5) is 17.1 Å². The Morgan fingerprint density at radius 1 is 1.07 bits per heavy atom. The lowest BCUT2D eigenvalue weighted by molar-refractivity contribution is -0.393. The van der Waals surface area contributed by atoms with Gasteiger partial charge >= 0.3 is 5.69 Å². The predicted molar refractivity (Wildman–Crippen MR) is 163 cm³/mol. The lowest BCUT2D eigenvalue weighted by Gasteiger charge is -2.54. The summed E-state index contributed by atoms with van der Waals surface area (Å²) in [4.78, 5) is 34.7. The molecule has 0 aromatic heterocycles. The van der Waals surface area contributed by atoms with E-state index >= 15 is 0 Å². The normalized spacial score (nSPS) is 33.2. The van der Waals surface area contributed by atoms with E-state index in [1.165, 1.54) is 44.2 Å². The molecule has 3 aliphatic carbocycles. The van der Waals surface area contributed by atoms with Crippen LogP contribution in [0.3, 0.4) is 0 Å². The van der Waals surface area contributed by atoms with Crippen LogP contribution in [-0.2, 0) is 4.79 Å². The summed E-state index contributed by atoms with van der Waals surface area (Å²) in [5.74, 6) is 2.46. The van der Waals surface area contributed by atoms with Crippen molar-refractivity contribution in [2.45, 2.75) is 111 Å². The highest BCUT2D eigenvalue weighted by atomic mass is 16.6. The van der Waals surface area contributed by atoms with E-state index in [1.54, 1.807) is 6.21 Å². The van der Waals surface area contributed by atoms with Gasteiger partial charge < -0.3 is 5.11 Å². The molecule has 3 fully saturated rings. The summed E-state index contributed by atoms with van der Waals surface area (Å²) in [6.45, 7) is 9.13. The van der Waals surface area contributed by atoms with Crippen molar-refractivity contribution in [3.05, 3.63) is 38.4 Å². The molecule has 0 radical (unpaired) electrons. The van der Waals surface area contributed by atoms with E-state index in [4.69, 9.17) is 0 Å². The Bertz CT molecular complexity index is 1190. The Hall–Kier alpha value is -2.88. The third-order valence-electron chi connectivity index (χ3n) is 11.1. The molecule has 7 atom stereocenters. The maximum absolute atomic E-state index is 13.4. The van der Waals surface area contributed by atoms with E-state index in [1.807, 2.05) is 0 Å². The number of non-ortho nitro benzene ring substituents is 1. The summed E-state index contributed by atoms with van der Waals surface area (Å²) in [5, 5.41) is 37.2. The first-order valence-electron chi connectivity index (χ1n) is 15.8. The molecule has 42 heavy (non-hydrogen) atoms.